The van der Waals surface area contributed by atoms with Crippen LogP contribution < -0.4 is 0 Å². The molecule has 1 heterocycles. The first kappa shape index (κ1) is 18.6. The van der Waals surface area contributed by atoms with Crippen LogP contribution in [0.4, 0.5) is 0 Å². The summed E-state index contributed by atoms with van der Waals surface area (Å²) in [5.74, 6) is 0. The quantitative estimate of drug-likeness (QED) is 0.272. The molecule has 2 nitrogen and oxygen atoms in total. The molecule has 0 fully saturated rings. The van der Waals surface area contributed by atoms with Crippen LogP contribution in [0.5, 0.6) is 0 Å². The second-order valence-electron chi connectivity index (χ2n) is 6.77. The number of hydrogen-bond donors (Lipinski definition) is 0. The molecule has 4 aromatic carbocycles. The lowest BCUT2D eigenvalue weighted by Crippen LogP contribution is -2.02. The zero-order chi connectivity index (χ0) is 20.0. The summed E-state index contributed by atoms with van der Waals surface area (Å²) in [4.78, 5) is 0.579. The summed E-state index contributed by atoms with van der Waals surface area (Å²) in [5, 5.41) is 2.43. The standard InChI is InChI=1S/C24H15BrO2S2/c25-17-7-4-9-19(15-17)29(26,27)18-8-3-6-16(14-18)20-11-5-12-22-21-10-1-2-13-23(21)28-24(20)22/h1-15H. The van der Waals surface area contributed by atoms with Gasteiger partial charge in [0.05, 0.1) is 9.79 Å². The Morgan fingerprint density at radius 3 is 2.21 bits per heavy atom. The van der Waals surface area contributed by atoms with Gasteiger partial charge in [-0.25, -0.2) is 8.42 Å². The van der Waals surface area contributed by atoms with Crippen molar-refractivity contribution in [2.24, 2.45) is 0 Å². The van der Waals surface area contributed by atoms with Crippen molar-refractivity contribution in [2.45, 2.75) is 9.79 Å². The first-order valence-corrected chi connectivity index (χ1v) is 12.1. The van der Waals surface area contributed by atoms with E-state index in [-0.39, 0.29) is 4.90 Å². The first-order chi connectivity index (χ1) is 14.0. The Balaban J connectivity index is 1.69. The molecule has 0 saturated carbocycles. The highest BCUT2D eigenvalue weighted by atomic mass is 79.9. The summed E-state index contributed by atoms with van der Waals surface area (Å²) in [6.45, 7) is 0. The fourth-order valence-corrected chi connectivity index (χ4v) is 6.72. The zero-order valence-electron chi connectivity index (χ0n) is 15.2. The Bertz CT molecular complexity index is 1480. The third-order valence-corrected chi connectivity index (χ3v) is 8.43. The zero-order valence-corrected chi connectivity index (χ0v) is 18.4. The molecule has 0 amide bonds. The second kappa shape index (κ2) is 7.10. The van der Waals surface area contributed by atoms with Gasteiger partial charge in [0.2, 0.25) is 9.84 Å². The fourth-order valence-electron chi connectivity index (χ4n) is 3.58. The molecular formula is C24H15BrO2S2. The molecule has 5 aromatic rings. The molecule has 0 aliphatic carbocycles. The highest BCUT2D eigenvalue weighted by Gasteiger charge is 2.19. The minimum atomic E-state index is -3.60. The molecule has 0 N–H and O–H groups in total. The number of hydrogen-bond acceptors (Lipinski definition) is 3. The average molecular weight is 479 g/mol. The average Bonchev–Trinajstić information content (AvgIpc) is 3.13. The number of benzene rings is 4. The summed E-state index contributed by atoms with van der Waals surface area (Å²) in [5.41, 5.74) is 1.95. The van der Waals surface area contributed by atoms with Crippen LogP contribution in [0.15, 0.2) is 105 Å². The molecule has 5 heteroatoms. The molecule has 0 atom stereocenters. The minimum Gasteiger partial charge on any atom is -0.219 e. The summed E-state index contributed by atoms with van der Waals surface area (Å²) in [6.07, 6.45) is 0. The smallest absolute Gasteiger partial charge is 0.206 e. The Hall–Kier alpha value is -2.47. The van der Waals surface area contributed by atoms with Gasteiger partial charge in [-0.05, 0) is 47.5 Å². The van der Waals surface area contributed by atoms with Gasteiger partial charge >= 0.3 is 0 Å². The van der Waals surface area contributed by atoms with Crippen LogP contribution in [0.1, 0.15) is 0 Å². The largest absolute Gasteiger partial charge is 0.219 e. The monoisotopic (exact) mass is 478 g/mol. The van der Waals surface area contributed by atoms with E-state index in [0.29, 0.717) is 4.90 Å². The number of halogens is 1. The molecule has 0 bridgehead atoms. The van der Waals surface area contributed by atoms with E-state index in [9.17, 15) is 8.42 Å². The number of fused-ring (bicyclic) bond motifs is 3. The van der Waals surface area contributed by atoms with Gasteiger partial charge in [-0.15, -0.1) is 11.3 Å². The molecule has 0 radical (unpaired) electrons. The first-order valence-electron chi connectivity index (χ1n) is 9.05. The number of sulfone groups is 1. The molecule has 5 rings (SSSR count). The van der Waals surface area contributed by atoms with E-state index in [0.717, 1.165) is 15.6 Å². The van der Waals surface area contributed by atoms with Crippen molar-refractivity contribution in [2.75, 3.05) is 0 Å². The van der Waals surface area contributed by atoms with Crippen LogP contribution >= 0.6 is 27.3 Å². The van der Waals surface area contributed by atoms with Crippen LogP contribution in [-0.4, -0.2) is 8.42 Å². The van der Waals surface area contributed by atoms with E-state index in [1.165, 1.54) is 20.2 Å². The Kier molecular flexibility index (Phi) is 4.54. The van der Waals surface area contributed by atoms with Crippen molar-refractivity contribution in [1.29, 1.82) is 0 Å². The van der Waals surface area contributed by atoms with E-state index >= 15 is 0 Å². The topological polar surface area (TPSA) is 34.1 Å². The Labute approximate surface area is 181 Å². The maximum absolute atomic E-state index is 13.2. The van der Waals surface area contributed by atoms with Crippen molar-refractivity contribution in [1.82, 2.24) is 0 Å². The molecule has 0 aliphatic rings. The highest BCUT2D eigenvalue weighted by Crippen LogP contribution is 2.40. The lowest BCUT2D eigenvalue weighted by Gasteiger charge is -2.09. The van der Waals surface area contributed by atoms with E-state index in [1.54, 1.807) is 41.7 Å². The van der Waals surface area contributed by atoms with Crippen LogP contribution in [-0.2, 0) is 9.84 Å². The maximum atomic E-state index is 13.2. The molecule has 0 aliphatic heterocycles. The predicted octanol–water partition coefficient (Wildman–Crippen LogP) is 7.32. The van der Waals surface area contributed by atoms with Crippen molar-refractivity contribution in [3.05, 3.63) is 95.5 Å². The van der Waals surface area contributed by atoms with Gasteiger partial charge in [0.25, 0.3) is 0 Å². The third-order valence-electron chi connectivity index (χ3n) is 4.97. The maximum Gasteiger partial charge on any atom is 0.206 e. The van der Waals surface area contributed by atoms with Gasteiger partial charge in [-0.3, -0.25) is 0 Å². The summed E-state index contributed by atoms with van der Waals surface area (Å²) in [6, 6.07) is 28.6. The van der Waals surface area contributed by atoms with Gasteiger partial charge in [0.15, 0.2) is 0 Å². The summed E-state index contributed by atoms with van der Waals surface area (Å²) < 4.78 is 29.5. The molecule has 0 saturated heterocycles. The van der Waals surface area contributed by atoms with Crippen molar-refractivity contribution in [3.63, 3.8) is 0 Å². The van der Waals surface area contributed by atoms with Crippen LogP contribution in [0.3, 0.4) is 0 Å². The lowest BCUT2D eigenvalue weighted by atomic mass is 10.0. The normalized spacial score (nSPS) is 11.9. The van der Waals surface area contributed by atoms with Crippen molar-refractivity contribution >= 4 is 57.3 Å². The SMILES string of the molecule is O=S(=O)(c1cccc(Br)c1)c1cccc(-c2cccc3c2sc2ccccc23)c1. The van der Waals surface area contributed by atoms with Crippen LogP contribution in [0.2, 0.25) is 0 Å². The summed E-state index contributed by atoms with van der Waals surface area (Å²) in [7, 11) is -3.60. The molecule has 0 unspecified atom stereocenters. The van der Waals surface area contributed by atoms with Crippen LogP contribution in [0.25, 0.3) is 31.3 Å². The minimum absolute atomic E-state index is 0.282. The molecule has 142 valence electrons. The predicted molar refractivity (Wildman–Crippen MR) is 124 cm³/mol. The fraction of sp³-hybridized carbons (Fsp3) is 0. The van der Waals surface area contributed by atoms with Crippen molar-refractivity contribution < 1.29 is 8.42 Å². The van der Waals surface area contributed by atoms with Crippen LogP contribution in [0, 0.1) is 0 Å². The van der Waals surface area contributed by atoms with Gasteiger partial charge in [0, 0.05) is 24.6 Å². The Morgan fingerprint density at radius 1 is 0.690 bits per heavy atom. The number of thiophene rings is 1. The molecular weight excluding hydrogens is 464 g/mol. The Morgan fingerprint density at radius 2 is 1.38 bits per heavy atom. The lowest BCUT2D eigenvalue weighted by molar-refractivity contribution is 0.596. The van der Waals surface area contributed by atoms with E-state index in [4.69, 9.17) is 0 Å². The van der Waals surface area contributed by atoms with Gasteiger partial charge in [-0.2, -0.15) is 0 Å². The summed E-state index contributed by atoms with van der Waals surface area (Å²) >= 11 is 5.10. The van der Waals surface area contributed by atoms with Gasteiger partial charge in [0.1, 0.15) is 0 Å². The van der Waals surface area contributed by atoms with E-state index < -0.39 is 9.84 Å². The van der Waals surface area contributed by atoms with Gasteiger partial charge in [-0.1, -0.05) is 70.5 Å². The second-order valence-corrected chi connectivity index (χ2v) is 10.7. The van der Waals surface area contributed by atoms with Gasteiger partial charge < -0.3 is 0 Å². The molecule has 1 aromatic heterocycles. The van der Waals surface area contributed by atoms with E-state index in [2.05, 4.69) is 40.2 Å². The molecule has 0 spiro atoms. The third kappa shape index (κ3) is 3.19. The molecule has 29 heavy (non-hydrogen) atoms. The van der Waals surface area contributed by atoms with Crippen molar-refractivity contribution in [3.8, 4) is 11.1 Å². The van der Waals surface area contributed by atoms with E-state index in [1.807, 2.05) is 36.4 Å². The number of rotatable bonds is 3. The highest BCUT2D eigenvalue weighted by molar-refractivity contribution is 9.10.